The Balaban J connectivity index is 1.75. The molecule has 2 aromatic carbocycles. The fourth-order valence-electron chi connectivity index (χ4n) is 2.11. The molecule has 0 amide bonds. The van der Waals surface area contributed by atoms with Crippen LogP contribution < -0.4 is 10.2 Å². The molecule has 0 saturated carbocycles. The van der Waals surface area contributed by atoms with E-state index in [0.717, 1.165) is 27.0 Å². The molecule has 0 saturated heterocycles. The van der Waals surface area contributed by atoms with E-state index >= 15 is 0 Å². The molecule has 0 atom stereocenters. The molecule has 1 N–H and O–H groups in total. The van der Waals surface area contributed by atoms with Gasteiger partial charge in [-0.05, 0) is 36.4 Å². The number of methoxy groups -OCH3 is 1. The zero-order chi connectivity index (χ0) is 17.8. The van der Waals surface area contributed by atoms with Gasteiger partial charge >= 0.3 is 0 Å². The topological polar surface area (TPSA) is 46.5 Å². The van der Waals surface area contributed by atoms with E-state index in [1.54, 1.807) is 25.5 Å². The maximum Gasteiger partial charge on any atom is 0.203 e. The maximum absolute atomic E-state index is 6.22. The smallest absolute Gasteiger partial charge is 0.203 e. The number of hydrazone groups is 1. The molecule has 0 bridgehead atoms. The van der Waals surface area contributed by atoms with Crippen LogP contribution in [0.25, 0.3) is 11.3 Å². The third kappa shape index (κ3) is 4.52. The van der Waals surface area contributed by atoms with E-state index in [1.165, 1.54) is 11.3 Å². The van der Waals surface area contributed by atoms with Gasteiger partial charge in [-0.2, -0.15) is 5.10 Å². The molecule has 0 spiro atoms. The van der Waals surface area contributed by atoms with E-state index in [4.69, 9.17) is 27.9 Å². The van der Waals surface area contributed by atoms with Crippen molar-refractivity contribution in [2.45, 2.75) is 0 Å². The van der Waals surface area contributed by atoms with E-state index in [1.807, 2.05) is 29.6 Å². The van der Waals surface area contributed by atoms with Crippen molar-refractivity contribution >= 4 is 61.8 Å². The molecule has 128 valence electrons. The summed E-state index contributed by atoms with van der Waals surface area (Å²) in [6.07, 6.45) is 1.68. The third-order valence-electron chi connectivity index (χ3n) is 3.27. The number of aromatic nitrogens is 1. The van der Waals surface area contributed by atoms with Crippen molar-refractivity contribution in [3.8, 4) is 17.0 Å². The average molecular weight is 457 g/mol. The van der Waals surface area contributed by atoms with Crippen molar-refractivity contribution < 1.29 is 4.74 Å². The number of anilines is 1. The van der Waals surface area contributed by atoms with Crippen LogP contribution in [0.3, 0.4) is 0 Å². The van der Waals surface area contributed by atoms with Gasteiger partial charge in [0.1, 0.15) is 5.75 Å². The summed E-state index contributed by atoms with van der Waals surface area (Å²) < 4.78 is 6.26. The Morgan fingerprint density at radius 1 is 1.24 bits per heavy atom. The summed E-state index contributed by atoms with van der Waals surface area (Å²) in [5, 5.41) is 7.95. The number of halogens is 3. The summed E-state index contributed by atoms with van der Waals surface area (Å²) in [5.74, 6) is 0.738. The van der Waals surface area contributed by atoms with E-state index in [2.05, 4.69) is 31.4 Å². The number of hydrogen-bond acceptors (Lipinski definition) is 5. The summed E-state index contributed by atoms with van der Waals surface area (Å²) >= 11 is 17.0. The predicted molar refractivity (Wildman–Crippen MR) is 109 cm³/mol. The molecule has 1 aromatic heterocycles. The van der Waals surface area contributed by atoms with Crippen molar-refractivity contribution in [3.05, 3.63) is 61.9 Å². The standard InChI is InChI=1S/C17H12BrCl2N3OS/c1-24-16-5-2-11(18)6-10(16)8-21-23-17-22-15(9-25-17)13-4-3-12(19)7-14(13)20/h2-9H,1H3,(H,22,23). The highest BCUT2D eigenvalue weighted by molar-refractivity contribution is 9.10. The lowest BCUT2D eigenvalue weighted by atomic mass is 10.2. The van der Waals surface area contributed by atoms with Crippen molar-refractivity contribution in [1.29, 1.82) is 0 Å². The first-order valence-electron chi connectivity index (χ1n) is 7.10. The summed E-state index contributed by atoms with van der Waals surface area (Å²) in [7, 11) is 1.62. The van der Waals surface area contributed by atoms with Crippen molar-refractivity contribution in [3.63, 3.8) is 0 Å². The Morgan fingerprint density at radius 2 is 2.08 bits per heavy atom. The highest BCUT2D eigenvalue weighted by Crippen LogP contribution is 2.32. The minimum absolute atomic E-state index is 0.562. The maximum atomic E-state index is 6.22. The van der Waals surface area contributed by atoms with Gasteiger partial charge < -0.3 is 4.74 Å². The zero-order valence-electron chi connectivity index (χ0n) is 13.0. The molecule has 1 heterocycles. The van der Waals surface area contributed by atoms with Gasteiger partial charge in [0.25, 0.3) is 0 Å². The number of thiazole rings is 1. The van der Waals surface area contributed by atoms with Crippen LogP contribution in [0.15, 0.2) is 51.4 Å². The molecular formula is C17H12BrCl2N3OS. The molecule has 4 nitrogen and oxygen atoms in total. The van der Waals surface area contributed by atoms with Crippen LogP contribution in [0, 0.1) is 0 Å². The first kappa shape index (κ1) is 18.2. The Morgan fingerprint density at radius 3 is 2.84 bits per heavy atom. The molecule has 25 heavy (non-hydrogen) atoms. The molecule has 0 unspecified atom stereocenters. The SMILES string of the molecule is COc1ccc(Br)cc1C=NNc1nc(-c2ccc(Cl)cc2Cl)cs1. The van der Waals surface area contributed by atoms with Crippen LogP contribution in [0.4, 0.5) is 5.13 Å². The second-order valence-corrected chi connectivity index (χ2v) is 7.54. The molecule has 8 heteroatoms. The second-order valence-electron chi connectivity index (χ2n) is 4.92. The van der Waals surface area contributed by atoms with Crippen LogP contribution in [0.2, 0.25) is 10.0 Å². The van der Waals surface area contributed by atoms with Crippen LogP contribution in [0.1, 0.15) is 5.56 Å². The Kier molecular flexibility index (Phi) is 5.96. The van der Waals surface area contributed by atoms with E-state index < -0.39 is 0 Å². The van der Waals surface area contributed by atoms with Gasteiger partial charge in [0.15, 0.2) is 0 Å². The number of nitrogens with zero attached hydrogens (tertiary/aromatic N) is 2. The molecule has 0 aliphatic rings. The highest BCUT2D eigenvalue weighted by atomic mass is 79.9. The quantitative estimate of drug-likeness (QED) is 0.360. The van der Waals surface area contributed by atoms with Crippen LogP contribution in [-0.2, 0) is 0 Å². The number of rotatable bonds is 5. The molecule has 0 fully saturated rings. The molecule has 3 aromatic rings. The predicted octanol–water partition coefficient (Wildman–Crippen LogP) is 6.33. The summed E-state index contributed by atoms with van der Waals surface area (Å²) in [4.78, 5) is 4.49. The monoisotopic (exact) mass is 455 g/mol. The number of hydrogen-bond donors (Lipinski definition) is 1. The minimum atomic E-state index is 0.562. The van der Waals surface area contributed by atoms with Crippen LogP contribution in [-0.4, -0.2) is 18.3 Å². The lowest BCUT2D eigenvalue weighted by Gasteiger charge is -2.04. The fourth-order valence-corrected chi connectivity index (χ4v) is 3.65. The van der Waals surface area contributed by atoms with Crippen molar-refractivity contribution in [2.75, 3.05) is 12.5 Å². The average Bonchev–Trinajstić information content (AvgIpc) is 3.03. The zero-order valence-corrected chi connectivity index (χ0v) is 16.9. The van der Waals surface area contributed by atoms with Gasteiger partial charge in [-0.15, -0.1) is 11.3 Å². The highest BCUT2D eigenvalue weighted by Gasteiger charge is 2.08. The number of benzene rings is 2. The lowest BCUT2D eigenvalue weighted by molar-refractivity contribution is 0.414. The summed E-state index contributed by atoms with van der Waals surface area (Å²) in [6, 6.07) is 11.0. The normalized spacial score (nSPS) is 11.0. The Hall–Kier alpha value is -1.60. The Labute approximate surface area is 167 Å². The van der Waals surface area contributed by atoms with Gasteiger partial charge in [-0.1, -0.05) is 39.1 Å². The third-order valence-corrected chi connectivity index (χ3v) is 5.05. The molecular weight excluding hydrogens is 445 g/mol. The largest absolute Gasteiger partial charge is 0.496 e. The van der Waals surface area contributed by atoms with E-state index in [0.29, 0.717) is 15.2 Å². The van der Waals surface area contributed by atoms with Crippen LogP contribution >= 0.6 is 50.5 Å². The molecule has 0 aliphatic heterocycles. The lowest BCUT2D eigenvalue weighted by Crippen LogP contribution is -1.94. The first-order valence-corrected chi connectivity index (χ1v) is 9.53. The van der Waals surface area contributed by atoms with Gasteiger partial charge in [-0.3, -0.25) is 5.43 Å². The molecule has 0 aliphatic carbocycles. The van der Waals surface area contributed by atoms with Gasteiger partial charge in [0.2, 0.25) is 5.13 Å². The Bertz CT molecular complexity index is 930. The van der Waals surface area contributed by atoms with Crippen LogP contribution in [0.5, 0.6) is 5.75 Å². The first-order chi connectivity index (χ1) is 12.1. The van der Waals surface area contributed by atoms with E-state index in [9.17, 15) is 0 Å². The summed E-state index contributed by atoms with van der Waals surface area (Å²) in [5.41, 5.74) is 5.37. The van der Waals surface area contributed by atoms with Gasteiger partial charge in [0, 0.05) is 26.0 Å². The van der Waals surface area contributed by atoms with E-state index in [-0.39, 0.29) is 0 Å². The van der Waals surface area contributed by atoms with Gasteiger partial charge in [-0.25, -0.2) is 4.98 Å². The molecule has 3 rings (SSSR count). The van der Waals surface area contributed by atoms with Crippen molar-refractivity contribution in [1.82, 2.24) is 4.98 Å². The number of ether oxygens (including phenoxy) is 1. The number of nitrogens with one attached hydrogen (secondary N) is 1. The minimum Gasteiger partial charge on any atom is -0.496 e. The molecule has 0 radical (unpaired) electrons. The second kappa shape index (κ2) is 8.19. The van der Waals surface area contributed by atoms with Crippen molar-refractivity contribution in [2.24, 2.45) is 5.10 Å². The fraction of sp³-hybridized carbons (Fsp3) is 0.0588. The van der Waals surface area contributed by atoms with Gasteiger partial charge in [0.05, 0.1) is 24.0 Å². The summed E-state index contributed by atoms with van der Waals surface area (Å²) in [6.45, 7) is 0.